The summed E-state index contributed by atoms with van der Waals surface area (Å²) in [4.78, 5) is 0. The number of benzene rings is 1. The van der Waals surface area contributed by atoms with Crippen molar-refractivity contribution in [2.24, 2.45) is 0 Å². The number of hydrogen-bond acceptors (Lipinski definition) is 0. The van der Waals surface area contributed by atoms with Gasteiger partial charge in [-0.05, 0) is 24.8 Å². The van der Waals surface area contributed by atoms with Gasteiger partial charge in [-0.25, -0.2) is 5.32 Å². The Morgan fingerprint density at radius 3 is 2.67 bits per heavy atom. The van der Waals surface area contributed by atoms with Crippen LogP contribution in [-0.2, 0) is 6.42 Å². The van der Waals surface area contributed by atoms with Crippen LogP contribution in [0.4, 0.5) is 0 Å². The first-order valence-corrected chi connectivity index (χ1v) is 6.16. The summed E-state index contributed by atoms with van der Waals surface area (Å²) in [5.74, 6) is 0. The molecule has 0 amide bonds. The predicted octanol–water partition coefficient (Wildman–Crippen LogP) is 3.17. The van der Waals surface area contributed by atoms with Gasteiger partial charge in [-0.2, -0.15) is 0 Å². The molecular formula is C14H20N. The van der Waals surface area contributed by atoms with Gasteiger partial charge in [-0.3, -0.25) is 0 Å². The van der Waals surface area contributed by atoms with E-state index < -0.39 is 0 Å². The van der Waals surface area contributed by atoms with E-state index in [-0.39, 0.29) is 0 Å². The molecule has 1 aliphatic rings. The lowest BCUT2D eigenvalue weighted by Gasteiger charge is -2.19. The molecule has 1 heteroatoms. The van der Waals surface area contributed by atoms with Crippen molar-refractivity contribution in [3.63, 3.8) is 0 Å². The van der Waals surface area contributed by atoms with Crippen LogP contribution in [0, 0.1) is 0 Å². The van der Waals surface area contributed by atoms with E-state index in [2.05, 4.69) is 30.3 Å². The van der Waals surface area contributed by atoms with E-state index >= 15 is 0 Å². The zero-order valence-corrected chi connectivity index (χ0v) is 9.36. The summed E-state index contributed by atoms with van der Waals surface area (Å²) in [6.45, 7) is 1.08. The zero-order valence-electron chi connectivity index (χ0n) is 9.36. The summed E-state index contributed by atoms with van der Waals surface area (Å²) in [7, 11) is 0. The second-order valence-electron chi connectivity index (χ2n) is 4.45. The first-order chi connectivity index (χ1) is 7.45. The summed E-state index contributed by atoms with van der Waals surface area (Å²) in [6.07, 6.45) is 7.87. The van der Waals surface area contributed by atoms with Crippen LogP contribution in [0.15, 0.2) is 30.3 Å². The zero-order chi connectivity index (χ0) is 10.3. The van der Waals surface area contributed by atoms with E-state index in [1.54, 1.807) is 0 Å². The fraction of sp³-hybridized carbons (Fsp3) is 0.571. The first-order valence-electron chi connectivity index (χ1n) is 6.16. The highest BCUT2D eigenvalue weighted by molar-refractivity contribution is 5.15. The molecule has 1 radical (unpaired) electrons. The molecule has 0 aromatic heterocycles. The molecule has 0 N–H and O–H groups in total. The molecule has 1 saturated heterocycles. The van der Waals surface area contributed by atoms with Crippen LogP contribution in [0.5, 0.6) is 0 Å². The molecular weight excluding hydrogens is 182 g/mol. The summed E-state index contributed by atoms with van der Waals surface area (Å²) in [5, 5.41) is 4.78. The minimum Gasteiger partial charge on any atom is -0.238 e. The Labute approximate surface area is 92.9 Å². The SMILES string of the molecule is c1ccc(CC2CCCCCC[N]2)cc1. The molecule has 0 aliphatic carbocycles. The van der Waals surface area contributed by atoms with Gasteiger partial charge in [0.1, 0.15) is 0 Å². The van der Waals surface area contributed by atoms with Crippen molar-refractivity contribution in [1.82, 2.24) is 5.32 Å². The van der Waals surface area contributed by atoms with Gasteiger partial charge in [0.25, 0.3) is 0 Å². The lowest BCUT2D eigenvalue weighted by molar-refractivity contribution is 0.407. The molecule has 0 spiro atoms. The maximum atomic E-state index is 4.78. The van der Waals surface area contributed by atoms with Crippen LogP contribution in [0.3, 0.4) is 0 Å². The van der Waals surface area contributed by atoms with Gasteiger partial charge in [0, 0.05) is 12.6 Å². The average Bonchev–Trinajstić information content (AvgIpc) is 2.23. The number of rotatable bonds is 2. The van der Waals surface area contributed by atoms with Gasteiger partial charge in [-0.15, -0.1) is 0 Å². The van der Waals surface area contributed by atoms with Crippen molar-refractivity contribution < 1.29 is 0 Å². The van der Waals surface area contributed by atoms with Crippen LogP contribution < -0.4 is 5.32 Å². The Kier molecular flexibility index (Phi) is 4.22. The standard InChI is InChI=1S/C14H20N/c1-2-7-11-15-14(10-6-1)12-13-8-4-3-5-9-13/h3-5,8-9,14H,1-2,6-7,10-12H2. The highest BCUT2D eigenvalue weighted by Gasteiger charge is 2.11. The monoisotopic (exact) mass is 202 g/mol. The highest BCUT2D eigenvalue weighted by Crippen LogP contribution is 2.14. The van der Waals surface area contributed by atoms with Gasteiger partial charge < -0.3 is 0 Å². The van der Waals surface area contributed by atoms with Crippen LogP contribution in [0.2, 0.25) is 0 Å². The van der Waals surface area contributed by atoms with Gasteiger partial charge in [0.2, 0.25) is 0 Å². The Hall–Kier alpha value is -0.820. The van der Waals surface area contributed by atoms with Crippen molar-refractivity contribution in [2.45, 2.75) is 44.6 Å². The fourth-order valence-corrected chi connectivity index (χ4v) is 2.26. The third kappa shape index (κ3) is 3.67. The summed E-state index contributed by atoms with van der Waals surface area (Å²) >= 11 is 0. The third-order valence-corrected chi connectivity index (χ3v) is 3.15. The van der Waals surface area contributed by atoms with E-state index in [1.165, 1.54) is 37.7 Å². The number of nitrogens with zero attached hydrogens (tertiary/aromatic N) is 1. The maximum Gasteiger partial charge on any atom is 0.0286 e. The van der Waals surface area contributed by atoms with Gasteiger partial charge >= 0.3 is 0 Å². The third-order valence-electron chi connectivity index (χ3n) is 3.15. The quantitative estimate of drug-likeness (QED) is 0.699. The van der Waals surface area contributed by atoms with Crippen LogP contribution in [-0.4, -0.2) is 12.6 Å². The fourth-order valence-electron chi connectivity index (χ4n) is 2.26. The normalized spacial score (nSPS) is 23.1. The predicted molar refractivity (Wildman–Crippen MR) is 64.0 cm³/mol. The van der Waals surface area contributed by atoms with Crippen molar-refractivity contribution >= 4 is 0 Å². The molecule has 1 aromatic carbocycles. The van der Waals surface area contributed by atoms with Crippen molar-refractivity contribution in [3.05, 3.63) is 35.9 Å². The smallest absolute Gasteiger partial charge is 0.0286 e. The lowest BCUT2D eigenvalue weighted by Crippen LogP contribution is -2.26. The van der Waals surface area contributed by atoms with E-state index in [4.69, 9.17) is 5.32 Å². The highest BCUT2D eigenvalue weighted by atomic mass is 14.9. The average molecular weight is 202 g/mol. The Morgan fingerprint density at radius 1 is 1.00 bits per heavy atom. The minimum atomic E-state index is 0.577. The van der Waals surface area contributed by atoms with Gasteiger partial charge in [0.15, 0.2) is 0 Å². The molecule has 1 aliphatic heterocycles. The molecule has 1 atom stereocenters. The second-order valence-corrected chi connectivity index (χ2v) is 4.45. The van der Waals surface area contributed by atoms with Gasteiger partial charge in [0.05, 0.1) is 0 Å². The Morgan fingerprint density at radius 2 is 1.80 bits per heavy atom. The van der Waals surface area contributed by atoms with Crippen molar-refractivity contribution in [2.75, 3.05) is 6.54 Å². The Bertz CT molecular complexity index is 260. The molecule has 81 valence electrons. The maximum absolute atomic E-state index is 4.78. The molecule has 1 unspecified atom stereocenters. The number of hydrogen-bond donors (Lipinski definition) is 0. The van der Waals surface area contributed by atoms with E-state index in [0.29, 0.717) is 6.04 Å². The summed E-state index contributed by atoms with van der Waals surface area (Å²) in [5.41, 5.74) is 1.44. The second kappa shape index (κ2) is 5.92. The van der Waals surface area contributed by atoms with E-state index in [9.17, 15) is 0 Å². The molecule has 0 bridgehead atoms. The molecule has 1 heterocycles. The van der Waals surface area contributed by atoms with Crippen molar-refractivity contribution in [1.29, 1.82) is 0 Å². The van der Waals surface area contributed by atoms with Crippen LogP contribution in [0.25, 0.3) is 0 Å². The van der Waals surface area contributed by atoms with Gasteiger partial charge in [-0.1, -0.05) is 49.6 Å². The molecule has 1 nitrogen and oxygen atoms in total. The molecule has 15 heavy (non-hydrogen) atoms. The molecule has 1 aromatic rings. The Balaban J connectivity index is 1.86. The molecule has 1 fully saturated rings. The van der Waals surface area contributed by atoms with E-state index in [0.717, 1.165) is 13.0 Å². The van der Waals surface area contributed by atoms with Crippen LogP contribution >= 0.6 is 0 Å². The molecule has 0 saturated carbocycles. The molecule has 2 rings (SSSR count). The van der Waals surface area contributed by atoms with E-state index in [1.807, 2.05) is 0 Å². The summed E-state index contributed by atoms with van der Waals surface area (Å²) in [6, 6.07) is 11.3. The topological polar surface area (TPSA) is 14.1 Å². The first kappa shape index (κ1) is 10.7. The van der Waals surface area contributed by atoms with Crippen LogP contribution in [0.1, 0.15) is 37.7 Å². The van der Waals surface area contributed by atoms with Crippen molar-refractivity contribution in [3.8, 4) is 0 Å². The lowest BCUT2D eigenvalue weighted by atomic mass is 9.98. The summed E-state index contributed by atoms with van der Waals surface area (Å²) < 4.78 is 0. The largest absolute Gasteiger partial charge is 0.238 e. The minimum absolute atomic E-state index is 0.577.